The van der Waals surface area contributed by atoms with Crippen LogP contribution < -0.4 is 0 Å². The van der Waals surface area contributed by atoms with Gasteiger partial charge in [0.25, 0.3) is 0 Å². The number of aromatic nitrogens is 1. The molecule has 0 aromatic carbocycles. The maximum Gasteiger partial charge on any atom is 0.333 e. The van der Waals surface area contributed by atoms with Crippen LogP contribution in [0.4, 0.5) is 0 Å². The van der Waals surface area contributed by atoms with E-state index in [0.29, 0.717) is 12.3 Å². The highest BCUT2D eigenvalue weighted by atomic mass is 32.3. The number of carbonyl (C=O) groups is 1. The van der Waals surface area contributed by atoms with Crippen molar-refractivity contribution in [1.82, 2.24) is 4.98 Å². The van der Waals surface area contributed by atoms with Gasteiger partial charge in [0.1, 0.15) is 0 Å². The minimum Gasteiger partial charge on any atom is -0.466 e. The molecule has 208 valence electrons. The number of nitrogens with zero attached hydrogens (tertiary/aromatic N) is 1. The fourth-order valence-electron chi connectivity index (χ4n) is 3.88. The zero-order valence-electron chi connectivity index (χ0n) is 25.1. The summed E-state index contributed by atoms with van der Waals surface area (Å²) in [6, 6.07) is 0. The van der Waals surface area contributed by atoms with Crippen molar-refractivity contribution in [3.05, 3.63) is 32.8 Å². The van der Waals surface area contributed by atoms with Crippen LogP contribution in [0, 0.1) is 18.8 Å². The van der Waals surface area contributed by atoms with Crippen molar-refractivity contribution in [2.24, 2.45) is 11.8 Å². The summed E-state index contributed by atoms with van der Waals surface area (Å²) in [6.07, 6.45) is 12.5. The van der Waals surface area contributed by atoms with E-state index in [1.54, 1.807) is 11.3 Å². The third-order valence-corrected chi connectivity index (χ3v) is 11.6. The summed E-state index contributed by atoms with van der Waals surface area (Å²) < 4.78 is 12.1. The zero-order valence-corrected chi connectivity index (χ0v) is 26.8. The molecule has 2 atom stereocenters. The van der Waals surface area contributed by atoms with Crippen LogP contribution in [0.2, 0.25) is 0 Å². The smallest absolute Gasteiger partial charge is 0.333 e. The summed E-state index contributed by atoms with van der Waals surface area (Å²) in [7, 11) is 0.118. The van der Waals surface area contributed by atoms with Gasteiger partial charge in [-0.15, -0.1) is 21.6 Å². The average molecular weight is 540 g/mol. The molecule has 1 aromatic heterocycles. The molecule has 6 heteroatoms. The molecule has 0 saturated heterocycles. The van der Waals surface area contributed by atoms with Crippen molar-refractivity contribution in [1.29, 1.82) is 0 Å². The second-order valence-electron chi connectivity index (χ2n) is 12.0. The largest absolute Gasteiger partial charge is 0.466 e. The predicted octanol–water partition coefficient (Wildman–Crippen LogP) is 9.14. The summed E-state index contributed by atoms with van der Waals surface area (Å²) in [5.74, 6) is 1.20. The molecule has 1 unspecified atom stereocenters. The molecular weight excluding hydrogens is 486 g/mol. The Bertz CT molecular complexity index is 890. The van der Waals surface area contributed by atoms with E-state index in [-0.39, 0.29) is 16.8 Å². The fraction of sp³-hybridized carbons (Fsp3) is 0.733. The minimum absolute atomic E-state index is 0.0394. The summed E-state index contributed by atoms with van der Waals surface area (Å²) in [6.45, 7) is 19.8. The van der Waals surface area contributed by atoms with E-state index in [9.17, 15) is 4.79 Å². The molecule has 1 aromatic rings. The maximum atomic E-state index is 12.8. The number of ether oxygens (including phenoxy) is 1. The lowest BCUT2D eigenvalue weighted by atomic mass is 9.92. The molecule has 0 bridgehead atoms. The van der Waals surface area contributed by atoms with Crippen molar-refractivity contribution in [2.45, 2.75) is 112 Å². The van der Waals surface area contributed by atoms with E-state index < -0.39 is 10.3 Å². The molecular formula is C30H53NO3S2. The van der Waals surface area contributed by atoms with Gasteiger partial charge in [0.15, 0.2) is 0 Å². The van der Waals surface area contributed by atoms with E-state index in [4.69, 9.17) is 8.92 Å². The highest BCUT2D eigenvalue weighted by molar-refractivity contribution is 8.29. The van der Waals surface area contributed by atoms with Gasteiger partial charge in [0.2, 0.25) is 0 Å². The summed E-state index contributed by atoms with van der Waals surface area (Å²) in [5.41, 5.74) is 3.98. The van der Waals surface area contributed by atoms with Gasteiger partial charge in [0.05, 0.1) is 23.9 Å². The van der Waals surface area contributed by atoms with E-state index in [1.807, 2.05) is 6.92 Å². The molecule has 4 nitrogen and oxygen atoms in total. The van der Waals surface area contributed by atoms with Crippen molar-refractivity contribution in [3.63, 3.8) is 0 Å². The Hall–Kier alpha value is -1.11. The van der Waals surface area contributed by atoms with Gasteiger partial charge in [0, 0.05) is 22.1 Å². The lowest BCUT2D eigenvalue weighted by Crippen LogP contribution is -2.29. The Kier molecular flexibility index (Phi) is 13.5. The molecule has 1 heterocycles. The highest BCUT2D eigenvalue weighted by Crippen LogP contribution is 2.55. The van der Waals surface area contributed by atoms with Gasteiger partial charge in [-0.1, -0.05) is 66.4 Å². The number of methoxy groups -OCH3 is 1. The van der Waals surface area contributed by atoms with Gasteiger partial charge < -0.3 is 8.92 Å². The van der Waals surface area contributed by atoms with E-state index in [0.717, 1.165) is 52.6 Å². The van der Waals surface area contributed by atoms with E-state index in [2.05, 4.69) is 84.3 Å². The molecule has 0 amide bonds. The molecule has 0 radical (unpaired) electrons. The van der Waals surface area contributed by atoms with Crippen molar-refractivity contribution in [2.75, 3.05) is 19.6 Å². The number of hydrogen-bond acceptors (Lipinski definition) is 5. The Morgan fingerprint density at radius 2 is 1.78 bits per heavy atom. The first-order chi connectivity index (χ1) is 16.6. The van der Waals surface area contributed by atoms with Crippen LogP contribution in [0.5, 0.6) is 0 Å². The van der Waals surface area contributed by atoms with E-state index >= 15 is 0 Å². The molecule has 0 N–H and O–H groups in total. The lowest BCUT2D eigenvalue weighted by molar-refractivity contribution is -0.136. The van der Waals surface area contributed by atoms with Crippen LogP contribution in [0.25, 0.3) is 6.08 Å². The SMILES string of the molecule is COC(=O)/C(CCC[C@H](C)CCC(C)C)=C(\C)CC(OS(C)(C)C(C)(C)C)/C(C)=C/c1csc(C)n1. The Morgan fingerprint density at radius 3 is 2.28 bits per heavy atom. The summed E-state index contributed by atoms with van der Waals surface area (Å²) in [5, 5.41) is 3.14. The molecule has 0 fully saturated rings. The average Bonchev–Trinajstić information content (AvgIpc) is 3.17. The quantitative estimate of drug-likeness (QED) is 0.175. The fourth-order valence-corrected chi connectivity index (χ4v) is 5.54. The maximum absolute atomic E-state index is 12.8. The summed E-state index contributed by atoms with van der Waals surface area (Å²) in [4.78, 5) is 17.4. The number of rotatable bonds is 14. The lowest BCUT2D eigenvalue weighted by Gasteiger charge is -2.46. The normalized spacial score (nSPS) is 16.1. The number of thiazole rings is 1. The van der Waals surface area contributed by atoms with Crippen LogP contribution in [0.3, 0.4) is 0 Å². The van der Waals surface area contributed by atoms with Crippen molar-refractivity contribution >= 4 is 33.7 Å². The van der Waals surface area contributed by atoms with Gasteiger partial charge in [-0.05, 0) is 69.6 Å². The first kappa shape index (κ1) is 32.9. The second-order valence-corrected chi connectivity index (χ2v) is 17.0. The third kappa shape index (κ3) is 11.1. The number of carbonyl (C=O) groups excluding carboxylic acids is 1. The van der Waals surface area contributed by atoms with Crippen LogP contribution in [-0.4, -0.2) is 41.4 Å². The molecule has 0 spiro atoms. The first-order valence-corrected chi connectivity index (χ1v) is 16.6. The van der Waals surface area contributed by atoms with Crippen LogP contribution in [0.1, 0.15) is 105 Å². The monoisotopic (exact) mass is 539 g/mol. The molecule has 0 aliphatic carbocycles. The van der Waals surface area contributed by atoms with Gasteiger partial charge >= 0.3 is 5.97 Å². The first-order valence-electron chi connectivity index (χ1n) is 13.4. The minimum atomic E-state index is -1.37. The van der Waals surface area contributed by atoms with Gasteiger partial charge in [-0.2, -0.15) is 0 Å². The summed E-state index contributed by atoms with van der Waals surface area (Å²) >= 11 is 1.66. The van der Waals surface area contributed by atoms with E-state index in [1.165, 1.54) is 20.0 Å². The van der Waals surface area contributed by atoms with Crippen LogP contribution in [0.15, 0.2) is 22.1 Å². The standard InChI is InChI=1S/C30H53NO3S2/c1-21(2)16-17-22(3)14-13-15-27(29(32)33-10)23(4)19-28(34-36(11,12)30(7,8)9)24(5)18-26-20-35-25(6)31-26/h18,20-22,28H,13-17,19H2,1-12H3/b24-18+,27-23+/t22-,28?/m0/s1. The van der Waals surface area contributed by atoms with Gasteiger partial charge in [-0.3, -0.25) is 0 Å². The number of aryl methyl sites for hydroxylation is 1. The van der Waals surface area contributed by atoms with Gasteiger partial charge in [-0.25, -0.2) is 9.78 Å². The topological polar surface area (TPSA) is 48.4 Å². The predicted molar refractivity (Wildman–Crippen MR) is 161 cm³/mol. The van der Waals surface area contributed by atoms with Crippen molar-refractivity contribution in [3.8, 4) is 0 Å². The molecule has 0 aliphatic heterocycles. The zero-order chi connectivity index (χ0) is 27.7. The van der Waals surface area contributed by atoms with Crippen molar-refractivity contribution < 1.29 is 13.7 Å². The molecule has 36 heavy (non-hydrogen) atoms. The number of hydrogen-bond donors (Lipinski definition) is 0. The molecule has 0 aliphatic rings. The Morgan fingerprint density at radius 1 is 1.14 bits per heavy atom. The van der Waals surface area contributed by atoms with Crippen LogP contribution >= 0.6 is 21.6 Å². The Labute approximate surface area is 227 Å². The molecule has 0 saturated carbocycles. The number of esters is 1. The van der Waals surface area contributed by atoms with Crippen LogP contribution in [-0.2, 0) is 13.7 Å². The molecule has 1 rings (SSSR count). The second kappa shape index (κ2) is 14.7. The Balaban J connectivity index is 3.18. The highest BCUT2D eigenvalue weighted by Gasteiger charge is 2.32. The third-order valence-electron chi connectivity index (χ3n) is 7.15.